The molecule has 1 amide bonds. The lowest BCUT2D eigenvalue weighted by Crippen LogP contribution is -2.24. The third kappa shape index (κ3) is 2.75. The highest BCUT2D eigenvalue weighted by Gasteiger charge is 2.14. The van der Waals surface area contributed by atoms with Crippen molar-refractivity contribution in [2.45, 2.75) is 19.6 Å². The van der Waals surface area contributed by atoms with Crippen LogP contribution in [0.3, 0.4) is 0 Å². The van der Waals surface area contributed by atoms with Crippen LogP contribution < -0.4 is 5.32 Å². The lowest BCUT2D eigenvalue weighted by atomic mass is 10.2. The number of rotatable bonds is 4. The summed E-state index contributed by atoms with van der Waals surface area (Å²) < 4.78 is 1.59. The van der Waals surface area contributed by atoms with Gasteiger partial charge in [-0.25, -0.2) is 0 Å². The Balaban J connectivity index is 2.06. The number of nitrogens with one attached hydrogen (secondary N) is 1. The van der Waals surface area contributed by atoms with E-state index in [9.17, 15) is 4.79 Å². The van der Waals surface area contributed by atoms with Gasteiger partial charge < -0.3 is 10.4 Å². The second-order valence-electron chi connectivity index (χ2n) is 4.01. The maximum Gasteiger partial charge on any atom is 0.248 e. The van der Waals surface area contributed by atoms with Crippen molar-refractivity contribution in [2.24, 2.45) is 0 Å². The van der Waals surface area contributed by atoms with Gasteiger partial charge in [-0.15, -0.1) is 0 Å². The number of hydrogen-bond donors (Lipinski definition) is 2. The number of benzene rings is 1. The molecule has 18 heavy (non-hydrogen) atoms. The number of anilines is 1. The van der Waals surface area contributed by atoms with E-state index in [0.717, 1.165) is 5.56 Å². The van der Waals surface area contributed by atoms with Gasteiger partial charge in [0.05, 0.1) is 6.61 Å². The lowest BCUT2D eigenvalue weighted by molar-refractivity contribution is -0.119. The van der Waals surface area contributed by atoms with Gasteiger partial charge in [0.15, 0.2) is 0 Å². The Hall–Kier alpha value is -2.14. The molecule has 5 nitrogen and oxygen atoms in total. The van der Waals surface area contributed by atoms with Crippen molar-refractivity contribution in [1.29, 1.82) is 0 Å². The normalized spacial score (nSPS) is 12.1. The number of amides is 1. The second kappa shape index (κ2) is 5.46. The molecule has 2 aromatic rings. The first kappa shape index (κ1) is 12.3. The predicted octanol–water partition coefficient (Wildman–Crippen LogP) is 1.58. The molecule has 2 N–H and O–H groups in total. The molecule has 0 aliphatic heterocycles. The molecule has 1 aromatic heterocycles. The molecule has 5 heteroatoms. The van der Waals surface area contributed by atoms with Crippen LogP contribution in [-0.4, -0.2) is 20.8 Å². The fraction of sp³-hybridized carbons (Fsp3) is 0.231. The standard InChI is InChI=1S/C13H15N3O2/c1-10(16-7-3-6-14-16)13(18)15-12-5-2-4-11(8-12)9-17/h2-8,10,17H,9H2,1H3,(H,15,18). The highest BCUT2D eigenvalue weighted by Crippen LogP contribution is 2.13. The van der Waals surface area contributed by atoms with E-state index in [2.05, 4.69) is 10.4 Å². The maximum absolute atomic E-state index is 12.0. The predicted molar refractivity (Wildman–Crippen MR) is 67.9 cm³/mol. The molecule has 1 atom stereocenters. The van der Waals surface area contributed by atoms with E-state index in [0.29, 0.717) is 5.69 Å². The smallest absolute Gasteiger partial charge is 0.248 e. The van der Waals surface area contributed by atoms with Crippen LogP contribution in [0.4, 0.5) is 5.69 Å². The zero-order valence-electron chi connectivity index (χ0n) is 10.1. The Morgan fingerprint density at radius 2 is 2.33 bits per heavy atom. The summed E-state index contributed by atoms with van der Waals surface area (Å²) in [5, 5.41) is 15.9. The third-order valence-corrected chi connectivity index (χ3v) is 2.68. The average molecular weight is 245 g/mol. The van der Waals surface area contributed by atoms with Crippen molar-refractivity contribution in [3.8, 4) is 0 Å². The number of aromatic nitrogens is 2. The summed E-state index contributed by atoms with van der Waals surface area (Å²) in [6, 6.07) is 8.51. The number of hydrogen-bond acceptors (Lipinski definition) is 3. The minimum Gasteiger partial charge on any atom is -0.392 e. The molecule has 1 heterocycles. The van der Waals surface area contributed by atoms with E-state index in [4.69, 9.17) is 5.11 Å². The molecule has 0 bridgehead atoms. The van der Waals surface area contributed by atoms with Gasteiger partial charge in [-0.3, -0.25) is 9.48 Å². The molecule has 2 rings (SSSR count). The topological polar surface area (TPSA) is 67.2 Å². The fourth-order valence-corrected chi connectivity index (χ4v) is 1.62. The van der Waals surface area contributed by atoms with E-state index in [-0.39, 0.29) is 18.6 Å². The van der Waals surface area contributed by atoms with Gasteiger partial charge in [0.2, 0.25) is 5.91 Å². The van der Waals surface area contributed by atoms with Crippen LogP contribution in [0.25, 0.3) is 0 Å². The molecule has 0 aliphatic rings. The number of aliphatic hydroxyl groups excluding tert-OH is 1. The summed E-state index contributed by atoms with van der Waals surface area (Å²) in [6.45, 7) is 1.73. The maximum atomic E-state index is 12.0. The quantitative estimate of drug-likeness (QED) is 0.859. The van der Waals surface area contributed by atoms with Crippen LogP contribution in [0.2, 0.25) is 0 Å². The van der Waals surface area contributed by atoms with Crippen LogP contribution in [0.1, 0.15) is 18.5 Å². The first-order chi connectivity index (χ1) is 8.70. The highest BCUT2D eigenvalue weighted by molar-refractivity contribution is 5.93. The molecule has 0 fully saturated rings. The van der Waals surface area contributed by atoms with Crippen molar-refractivity contribution in [3.63, 3.8) is 0 Å². The molecule has 0 spiro atoms. The molecule has 0 saturated carbocycles. The zero-order valence-corrected chi connectivity index (χ0v) is 10.1. The first-order valence-electron chi connectivity index (χ1n) is 5.70. The van der Waals surface area contributed by atoms with Gasteiger partial charge in [-0.1, -0.05) is 12.1 Å². The van der Waals surface area contributed by atoms with Gasteiger partial charge in [0, 0.05) is 18.1 Å². The molecule has 0 saturated heterocycles. The van der Waals surface area contributed by atoms with Crippen LogP contribution in [0, 0.1) is 0 Å². The molecule has 0 radical (unpaired) electrons. The van der Waals surface area contributed by atoms with E-state index in [1.165, 1.54) is 0 Å². The van der Waals surface area contributed by atoms with Crippen molar-refractivity contribution in [1.82, 2.24) is 9.78 Å². The largest absolute Gasteiger partial charge is 0.392 e. The molecule has 1 unspecified atom stereocenters. The number of nitrogens with zero attached hydrogens (tertiary/aromatic N) is 2. The van der Waals surface area contributed by atoms with E-state index in [1.54, 1.807) is 54.3 Å². The van der Waals surface area contributed by atoms with Gasteiger partial charge in [-0.2, -0.15) is 5.10 Å². The zero-order chi connectivity index (χ0) is 13.0. The summed E-state index contributed by atoms with van der Waals surface area (Å²) in [4.78, 5) is 12.0. The van der Waals surface area contributed by atoms with E-state index >= 15 is 0 Å². The Bertz CT molecular complexity index is 523. The van der Waals surface area contributed by atoms with Crippen LogP contribution in [0.15, 0.2) is 42.7 Å². The summed E-state index contributed by atoms with van der Waals surface area (Å²) in [5.41, 5.74) is 1.44. The minimum absolute atomic E-state index is 0.0432. The third-order valence-electron chi connectivity index (χ3n) is 2.68. The molecule has 94 valence electrons. The van der Waals surface area contributed by atoms with Crippen molar-refractivity contribution >= 4 is 11.6 Å². The minimum atomic E-state index is -0.377. The van der Waals surface area contributed by atoms with Crippen LogP contribution >= 0.6 is 0 Å². The molecular weight excluding hydrogens is 230 g/mol. The van der Waals surface area contributed by atoms with Gasteiger partial charge in [-0.05, 0) is 30.7 Å². The summed E-state index contributed by atoms with van der Waals surface area (Å²) in [5.74, 6) is -0.145. The van der Waals surface area contributed by atoms with Gasteiger partial charge in [0.1, 0.15) is 6.04 Å². The van der Waals surface area contributed by atoms with Crippen LogP contribution in [-0.2, 0) is 11.4 Å². The van der Waals surface area contributed by atoms with Crippen molar-refractivity contribution in [2.75, 3.05) is 5.32 Å². The number of carbonyl (C=O) groups excluding carboxylic acids is 1. The number of carbonyl (C=O) groups is 1. The first-order valence-corrected chi connectivity index (χ1v) is 5.70. The van der Waals surface area contributed by atoms with Crippen molar-refractivity contribution < 1.29 is 9.90 Å². The summed E-state index contributed by atoms with van der Waals surface area (Å²) in [6.07, 6.45) is 3.38. The highest BCUT2D eigenvalue weighted by atomic mass is 16.3. The molecule has 0 aliphatic carbocycles. The molecule has 1 aromatic carbocycles. The Kier molecular flexibility index (Phi) is 3.74. The lowest BCUT2D eigenvalue weighted by Gasteiger charge is -2.13. The van der Waals surface area contributed by atoms with Crippen molar-refractivity contribution in [3.05, 3.63) is 48.3 Å². The summed E-state index contributed by atoms with van der Waals surface area (Å²) in [7, 11) is 0. The van der Waals surface area contributed by atoms with Gasteiger partial charge in [0.25, 0.3) is 0 Å². The second-order valence-corrected chi connectivity index (χ2v) is 4.01. The van der Waals surface area contributed by atoms with Crippen LogP contribution in [0.5, 0.6) is 0 Å². The molecular formula is C13H15N3O2. The van der Waals surface area contributed by atoms with E-state index < -0.39 is 0 Å². The monoisotopic (exact) mass is 245 g/mol. The van der Waals surface area contributed by atoms with Gasteiger partial charge >= 0.3 is 0 Å². The number of aliphatic hydroxyl groups is 1. The fourth-order valence-electron chi connectivity index (χ4n) is 1.62. The Labute approximate surface area is 105 Å². The van der Waals surface area contributed by atoms with E-state index in [1.807, 2.05) is 0 Å². The average Bonchev–Trinajstić information content (AvgIpc) is 2.92. The Morgan fingerprint density at radius 1 is 1.50 bits per heavy atom. The SMILES string of the molecule is CC(C(=O)Nc1cccc(CO)c1)n1cccn1. The Morgan fingerprint density at radius 3 is 3.00 bits per heavy atom. The summed E-state index contributed by atoms with van der Waals surface area (Å²) >= 11 is 0.